The fraction of sp³-hybridized carbons (Fsp3) is 0.385. The summed E-state index contributed by atoms with van der Waals surface area (Å²) in [4.78, 5) is 24.4. The highest BCUT2D eigenvalue weighted by atomic mass is 16.6. The van der Waals surface area contributed by atoms with Crippen molar-refractivity contribution >= 4 is 28.5 Å². The zero-order valence-electron chi connectivity index (χ0n) is 20.3. The summed E-state index contributed by atoms with van der Waals surface area (Å²) in [6.07, 6.45) is 4.70. The number of rotatable bonds is 4. The number of carbonyl (C=O) groups excluding carboxylic acids is 1. The highest BCUT2D eigenvalue weighted by Gasteiger charge is 2.30. The Balaban J connectivity index is 1.52. The number of amides is 1. The first-order chi connectivity index (χ1) is 16.8. The molecule has 0 spiro atoms. The molecule has 5 rings (SSSR count). The molecule has 4 aromatic rings. The molecule has 0 unspecified atom stereocenters. The van der Waals surface area contributed by atoms with Crippen molar-refractivity contribution in [3.05, 3.63) is 54.5 Å². The minimum absolute atomic E-state index is 0.00641. The van der Waals surface area contributed by atoms with Crippen LogP contribution in [0.1, 0.15) is 39.3 Å². The van der Waals surface area contributed by atoms with E-state index in [1.165, 1.54) is 0 Å². The number of nitrogens with zero attached hydrogens (tertiary/aromatic N) is 5. The lowest BCUT2D eigenvalue weighted by Crippen LogP contribution is -2.45. The molecule has 0 radical (unpaired) electrons. The topological polar surface area (TPSA) is 108 Å². The highest BCUT2D eigenvalue weighted by Crippen LogP contribution is 2.28. The van der Waals surface area contributed by atoms with Gasteiger partial charge in [0.25, 0.3) is 0 Å². The zero-order valence-corrected chi connectivity index (χ0v) is 20.3. The van der Waals surface area contributed by atoms with E-state index in [1.54, 1.807) is 21.7 Å². The Bertz CT molecular complexity index is 1370. The van der Waals surface area contributed by atoms with Gasteiger partial charge in [0, 0.05) is 48.0 Å². The third-order valence-corrected chi connectivity index (χ3v) is 6.05. The highest BCUT2D eigenvalue weighted by molar-refractivity contribution is 5.86. The second kappa shape index (κ2) is 9.14. The summed E-state index contributed by atoms with van der Waals surface area (Å²) in [7, 11) is 0. The number of aromatic nitrogens is 4. The lowest BCUT2D eigenvalue weighted by Gasteiger charge is -2.35. The van der Waals surface area contributed by atoms with Crippen LogP contribution in [0, 0.1) is 0 Å². The molecule has 0 saturated carbocycles. The maximum atomic E-state index is 13.2. The van der Waals surface area contributed by atoms with E-state index in [4.69, 9.17) is 20.2 Å². The molecule has 1 saturated heterocycles. The number of hydrogen-bond donors (Lipinski definition) is 1. The van der Waals surface area contributed by atoms with E-state index < -0.39 is 5.60 Å². The van der Waals surface area contributed by atoms with Crippen LogP contribution in [0.5, 0.6) is 0 Å². The summed E-state index contributed by atoms with van der Waals surface area (Å²) in [5.41, 5.74) is 9.70. The van der Waals surface area contributed by atoms with Crippen LogP contribution in [-0.2, 0) is 16.0 Å². The molecule has 0 bridgehead atoms. The maximum Gasteiger partial charge on any atom is 0.410 e. The van der Waals surface area contributed by atoms with E-state index in [-0.39, 0.29) is 18.7 Å². The third kappa shape index (κ3) is 4.90. The smallest absolute Gasteiger partial charge is 0.410 e. The molecule has 9 heteroatoms. The van der Waals surface area contributed by atoms with Gasteiger partial charge in [-0.15, -0.1) is 0 Å². The van der Waals surface area contributed by atoms with Gasteiger partial charge in [0.05, 0.1) is 24.0 Å². The predicted octanol–water partition coefficient (Wildman–Crippen LogP) is 4.44. The molecule has 35 heavy (non-hydrogen) atoms. The minimum Gasteiger partial charge on any atom is -0.444 e. The number of carbonyl (C=O) groups is 1. The van der Waals surface area contributed by atoms with Crippen molar-refractivity contribution in [2.24, 2.45) is 0 Å². The number of hydrogen-bond acceptors (Lipinski definition) is 7. The number of anilines is 1. The monoisotopic (exact) mass is 474 g/mol. The predicted molar refractivity (Wildman–Crippen MR) is 134 cm³/mol. The van der Waals surface area contributed by atoms with E-state index in [0.29, 0.717) is 30.4 Å². The first-order valence-corrected chi connectivity index (χ1v) is 11.8. The summed E-state index contributed by atoms with van der Waals surface area (Å²) in [5.74, 6) is 0.445. The van der Waals surface area contributed by atoms with Crippen LogP contribution in [0.3, 0.4) is 0 Å². The molecule has 0 aliphatic carbocycles. The Kier molecular flexibility index (Phi) is 6.02. The van der Waals surface area contributed by atoms with E-state index >= 15 is 0 Å². The minimum atomic E-state index is -0.599. The number of para-hydroxylation sites is 1. The molecule has 182 valence electrons. The van der Waals surface area contributed by atoms with Crippen LogP contribution in [0.2, 0.25) is 0 Å². The normalized spacial score (nSPS) is 14.9. The number of benzene rings is 1. The second-order valence-corrected chi connectivity index (χ2v) is 9.83. The molecule has 1 aliphatic heterocycles. The molecule has 2 N–H and O–H groups in total. The Morgan fingerprint density at radius 1 is 1.20 bits per heavy atom. The lowest BCUT2D eigenvalue weighted by atomic mass is 10.1. The van der Waals surface area contributed by atoms with E-state index in [2.05, 4.69) is 16.1 Å². The van der Waals surface area contributed by atoms with Crippen LogP contribution in [-0.4, -0.2) is 55.4 Å². The van der Waals surface area contributed by atoms with E-state index in [9.17, 15) is 4.79 Å². The Labute approximate surface area is 203 Å². The van der Waals surface area contributed by atoms with Crippen molar-refractivity contribution in [3.8, 4) is 11.1 Å². The Morgan fingerprint density at radius 3 is 2.74 bits per heavy atom. The van der Waals surface area contributed by atoms with Gasteiger partial charge >= 0.3 is 6.09 Å². The van der Waals surface area contributed by atoms with Crippen LogP contribution >= 0.6 is 0 Å². The van der Waals surface area contributed by atoms with Crippen molar-refractivity contribution < 1.29 is 14.3 Å². The molecule has 0 atom stereocenters. The molecular formula is C26H30N6O3. The number of nitrogen functional groups attached to an aromatic ring is 1. The Hall–Kier alpha value is -3.72. The Morgan fingerprint density at radius 2 is 1.97 bits per heavy atom. The second-order valence-electron chi connectivity index (χ2n) is 9.83. The lowest BCUT2D eigenvalue weighted by molar-refractivity contribution is -0.00840. The summed E-state index contributed by atoms with van der Waals surface area (Å²) < 4.78 is 12.8. The van der Waals surface area contributed by atoms with E-state index in [1.807, 2.05) is 51.2 Å². The summed E-state index contributed by atoms with van der Waals surface area (Å²) >= 11 is 0. The van der Waals surface area contributed by atoms with E-state index in [0.717, 1.165) is 34.9 Å². The first-order valence-electron chi connectivity index (χ1n) is 11.8. The molecule has 1 amide bonds. The van der Waals surface area contributed by atoms with Gasteiger partial charge in [0.2, 0.25) is 0 Å². The van der Waals surface area contributed by atoms with Gasteiger partial charge in [-0.05, 0) is 45.7 Å². The standard InChI is InChI=1S/C26H30N6O3/c1-26(2,3)35-25(33)31(20-8-10-34-11-9-20)16-19-13-23(27)32-24(30-19)21(15-29-32)18-12-17-6-4-5-7-22(17)28-14-18/h4-7,12-15,20H,8-11,16,27H2,1-3H3. The fourth-order valence-corrected chi connectivity index (χ4v) is 4.38. The first kappa shape index (κ1) is 23.0. The molecule has 1 fully saturated rings. The van der Waals surface area contributed by atoms with Crippen molar-refractivity contribution in [3.63, 3.8) is 0 Å². The average Bonchev–Trinajstić information content (AvgIpc) is 3.26. The molecule has 1 aliphatic rings. The van der Waals surface area contributed by atoms with Crippen LogP contribution in [0.15, 0.2) is 48.8 Å². The summed E-state index contributed by atoms with van der Waals surface area (Å²) in [5, 5.41) is 5.48. The number of fused-ring (bicyclic) bond motifs is 2. The quantitative estimate of drug-likeness (QED) is 0.466. The SMILES string of the molecule is CC(C)(C)OC(=O)N(Cc1cc(N)n2ncc(-c3cnc4ccccc4c3)c2n1)C1CCOCC1. The maximum absolute atomic E-state index is 13.2. The van der Waals surface area contributed by atoms with Crippen molar-refractivity contribution in [1.82, 2.24) is 24.5 Å². The molecule has 4 heterocycles. The fourth-order valence-electron chi connectivity index (χ4n) is 4.38. The average molecular weight is 475 g/mol. The van der Waals surface area contributed by atoms with Crippen molar-refractivity contribution in [2.75, 3.05) is 18.9 Å². The number of pyridine rings is 1. The van der Waals surface area contributed by atoms with Crippen molar-refractivity contribution in [2.45, 2.75) is 51.8 Å². The van der Waals surface area contributed by atoms with Gasteiger partial charge in [-0.2, -0.15) is 9.61 Å². The zero-order chi connectivity index (χ0) is 24.6. The molecular weight excluding hydrogens is 444 g/mol. The number of nitrogens with two attached hydrogens (primary N) is 1. The van der Waals surface area contributed by atoms with Crippen LogP contribution in [0.4, 0.5) is 10.6 Å². The van der Waals surface area contributed by atoms with Crippen LogP contribution < -0.4 is 5.73 Å². The van der Waals surface area contributed by atoms with Gasteiger partial charge in [-0.3, -0.25) is 9.88 Å². The third-order valence-electron chi connectivity index (χ3n) is 6.05. The summed E-state index contributed by atoms with van der Waals surface area (Å²) in [6, 6.07) is 11.8. The van der Waals surface area contributed by atoms with Crippen LogP contribution in [0.25, 0.3) is 27.7 Å². The van der Waals surface area contributed by atoms with Gasteiger partial charge < -0.3 is 15.2 Å². The van der Waals surface area contributed by atoms with Gasteiger partial charge in [0.1, 0.15) is 11.4 Å². The molecule has 3 aromatic heterocycles. The molecule has 9 nitrogen and oxygen atoms in total. The van der Waals surface area contributed by atoms with Gasteiger partial charge in [0.15, 0.2) is 5.65 Å². The number of ether oxygens (including phenoxy) is 2. The van der Waals surface area contributed by atoms with Gasteiger partial charge in [-0.25, -0.2) is 9.78 Å². The largest absolute Gasteiger partial charge is 0.444 e. The molecule has 1 aromatic carbocycles. The summed E-state index contributed by atoms with van der Waals surface area (Å²) in [6.45, 7) is 7.10. The van der Waals surface area contributed by atoms with Gasteiger partial charge in [-0.1, -0.05) is 18.2 Å². The van der Waals surface area contributed by atoms with Crippen molar-refractivity contribution in [1.29, 1.82) is 0 Å².